The van der Waals surface area contributed by atoms with Crippen molar-refractivity contribution in [1.82, 2.24) is 4.98 Å². The first kappa shape index (κ1) is 16.2. The quantitative estimate of drug-likeness (QED) is 0.696. The first-order valence-corrected chi connectivity index (χ1v) is 8.20. The van der Waals surface area contributed by atoms with Crippen LogP contribution in [0.3, 0.4) is 0 Å². The molecule has 4 nitrogen and oxygen atoms in total. The largest absolute Gasteiger partial charge is 0.485 e. The Kier molecular flexibility index (Phi) is 5.23. The molecule has 0 spiro atoms. The molecule has 0 aliphatic heterocycles. The highest BCUT2D eigenvalue weighted by atomic mass is 79.9. The van der Waals surface area contributed by atoms with Crippen molar-refractivity contribution in [3.63, 3.8) is 0 Å². The summed E-state index contributed by atoms with van der Waals surface area (Å²) < 4.78 is 6.64. The van der Waals surface area contributed by atoms with E-state index in [4.69, 9.17) is 4.74 Å². The number of amides is 1. The van der Waals surface area contributed by atoms with Crippen LogP contribution < -0.4 is 10.1 Å². The van der Waals surface area contributed by atoms with Crippen LogP contribution in [0.5, 0.6) is 5.75 Å². The Labute approximate surface area is 148 Å². The molecule has 2 aromatic carbocycles. The summed E-state index contributed by atoms with van der Waals surface area (Å²) >= 11 is 3.36. The van der Waals surface area contributed by atoms with Crippen molar-refractivity contribution < 1.29 is 9.53 Å². The van der Waals surface area contributed by atoms with Gasteiger partial charge < -0.3 is 10.1 Å². The van der Waals surface area contributed by atoms with Crippen LogP contribution in [0.2, 0.25) is 0 Å². The van der Waals surface area contributed by atoms with Crippen molar-refractivity contribution in [1.29, 1.82) is 0 Å². The number of carbonyl (C=O) groups is 1. The van der Waals surface area contributed by atoms with Crippen LogP contribution in [-0.2, 0) is 6.61 Å². The number of hydrogen-bond donors (Lipinski definition) is 1. The lowest BCUT2D eigenvalue weighted by Crippen LogP contribution is -2.14. The van der Waals surface area contributed by atoms with Crippen LogP contribution in [0.1, 0.15) is 15.9 Å². The van der Waals surface area contributed by atoms with Crippen molar-refractivity contribution in [2.45, 2.75) is 6.61 Å². The van der Waals surface area contributed by atoms with Crippen molar-refractivity contribution in [2.24, 2.45) is 0 Å². The summed E-state index contributed by atoms with van der Waals surface area (Å²) in [5.41, 5.74) is 1.59. The summed E-state index contributed by atoms with van der Waals surface area (Å²) in [6.07, 6.45) is 1.62. The molecule has 0 fully saturated rings. The van der Waals surface area contributed by atoms with Gasteiger partial charge in [0, 0.05) is 16.2 Å². The highest BCUT2D eigenvalue weighted by molar-refractivity contribution is 9.10. The van der Waals surface area contributed by atoms with Crippen LogP contribution in [-0.4, -0.2) is 10.9 Å². The third kappa shape index (κ3) is 4.20. The predicted molar refractivity (Wildman–Crippen MR) is 97.1 cm³/mol. The summed E-state index contributed by atoms with van der Waals surface area (Å²) in [7, 11) is 0. The van der Waals surface area contributed by atoms with Gasteiger partial charge in [0.2, 0.25) is 0 Å². The monoisotopic (exact) mass is 382 g/mol. The molecule has 0 atom stereocenters. The van der Waals surface area contributed by atoms with Crippen molar-refractivity contribution in [3.8, 4) is 5.75 Å². The molecule has 1 heterocycles. The van der Waals surface area contributed by atoms with Gasteiger partial charge in [0.15, 0.2) is 11.6 Å². The average molecular weight is 383 g/mol. The number of carbonyl (C=O) groups excluding carboxylic acids is 1. The van der Waals surface area contributed by atoms with Crippen molar-refractivity contribution in [3.05, 3.63) is 88.5 Å². The van der Waals surface area contributed by atoms with Gasteiger partial charge >= 0.3 is 0 Å². The minimum Gasteiger partial charge on any atom is -0.485 e. The zero-order valence-corrected chi connectivity index (χ0v) is 14.4. The number of pyridine rings is 1. The molecular formula is C19H15BrN2O2. The molecule has 1 aromatic heterocycles. The molecule has 1 amide bonds. The van der Waals surface area contributed by atoms with E-state index in [0.29, 0.717) is 23.7 Å². The van der Waals surface area contributed by atoms with Crippen molar-refractivity contribution >= 4 is 27.7 Å². The molecule has 0 saturated heterocycles. The molecule has 3 rings (SSSR count). The van der Waals surface area contributed by atoms with Gasteiger partial charge in [0.1, 0.15) is 6.61 Å². The second-order valence-electron chi connectivity index (χ2n) is 5.09. The SMILES string of the molecule is O=C(Nc1ncccc1OCc1ccccc1)c1cccc(Br)c1. The molecule has 24 heavy (non-hydrogen) atoms. The maximum atomic E-state index is 12.4. The molecule has 0 aliphatic rings. The fourth-order valence-corrected chi connectivity index (χ4v) is 2.54. The minimum absolute atomic E-state index is 0.237. The van der Waals surface area contributed by atoms with Gasteiger partial charge in [-0.05, 0) is 35.9 Å². The average Bonchev–Trinajstić information content (AvgIpc) is 2.62. The Morgan fingerprint density at radius 3 is 2.67 bits per heavy atom. The Morgan fingerprint density at radius 2 is 1.88 bits per heavy atom. The molecule has 0 radical (unpaired) electrons. The lowest BCUT2D eigenvalue weighted by molar-refractivity contribution is 0.102. The Bertz CT molecular complexity index is 838. The van der Waals surface area contributed by atoms with E-state index in [9.17, 15) is 4.79 Å². The summed E-state index contributed by atoms with van der Waals surface area (Å²) in [6, 6.07) is 20.6. The molecule has 0 saturated carbocycles. The third-order valence-electron chi connectivity index (χ3n) is 3.33. The molecule has 120 valence electrons. The van der Waals surface area contributed by atoms with Gasteiger partial charge in [0.25, 0.3) is 5.91 Å². The Balaban J connectivity index is 1.73. The number of ether oxygens (including phenoxy) is 1. The van der Waals surface area contributed by atoms with Crippen LogP contribution >= 0.6 is 15.9 Å². The van der Waals surface area contributed by atoms with Crippen LogP contribution in [0, 0.1) is 0 Å². The van der Waals surface area contributed by atoms with Crippen LogP contribution in [0.15, 0.2) is 77.4 Å². The lowest BCUT2D eigenvalue weighted by Gasteiger charge is -2.11. The number of nitrogens with zero attached hydrogens (tertiary/aromatic N) is 1. The molecule has 0 unspecified atom stereocenters. The first-order chi connectivity index (χ1) is 11.7. The van der Waals surface area contributed by atoms with Gasteiger partial charge in [0.05, 0.1) is 0 Å². The van der Waals surface area contributed by atoms with E-state index in [1.165, 1.54) is 0 Å². The van der Waals surface area contributed by atoms with E-state index in [2.05, 4.69) is 26.2 Å². The van der Waals surface area contributed by atoms with E-state index >= 15 is 0 Å². The molecule has 1 N–H and O–H groups in total. The summed E-state index contributed by atoms with van der Waals surface area (Å²) in [5, 5.41) is 2.79. The summed E-state index contributed by atoms with van der Waals surface area (Å²) in [6.45, 7) is 0.409. The smallest absolute Gasteiger partial charge is 0.256 e. The van der Waals surface area contributed by atoms with Gasteiger partial charge in [-0.1, -0.05) is 52.3 Å². The topological polar surface area (TPSA) is 51.2 Å². The minimum atomic E-state index is -0.237. The van der Waals surface area contributed by atoms with E-state index in [1.54, 1.807) is 30.5 Å². The van der Waals surface area contributed by atoms with E-state index in [1.807, 2.05) is 42.5 Å². The van der Waals surface area contributed by atoms with Gasteiger partial charge in [-0.15, -0.1) is 0 Å². The predicted octanol–water partition coefficient (Wildman–Crippen LogP) is 4.68. The second-order valence-corrected chi connectivity index (χ2v) is 6.00. The summed E-state index contributed by atoms with van der Waals surface area (Å²) in [4.78, 5) is 16.6. The summed E-state index contributed by atoms with van der Waals surface area (Å²) in [5.74, 6) is 0.697. The fourth-order valence-electron chi connectivity index (χ4n) is 2.15. The molecule has 0 bridgehead atoms. The number of rotatable bonds is 5. The first-order valence-electron chi connectivity index (χ1n) is 7.41. The normalized spacial score (nSPS) is 10.2. The highest BCUT2D eigenvalue weighted by Gasteiger charge is 2.11. The van der Waals surface area contributed by atoms with Crippen molar-refractivity contribution in [2.75, 3.05) is 5.32 Å². The number of halogens is 1. The molecule has 5 heteroatoms. The number of aromatic nitrogens is 1. The zero-order valence-electron chi connectivity index (χ0n) is 12.8. The van der Waals surface area contributed by atoms with E-state index < -0.39 is 0 Å². The number of benzene rings is 2. The third-order valence-corrected chi connectivity index (χ3v) is 3.82. The van der Waals surface area contributed by atoms with E-state index in [-0.39, 0.29) is 5.91 Å². The molecule has 0 aliphatic carbocycles. The van der Waals surface area contributed by atoms with Gasteiger partial charge in [-0.2, -0.15) is 0 Å². The van der Waals surface area contributed by atoms with Crippen LogP contribution in [0.4, 0.5) is 5.82 Å². The van der Waals surface area contributed by atoms with E-state index in [0.717, 1.165) is 10.0 Å². The lowest BCUT2D eigenvalue weighted by atomic mass is 10.2. The zero-order chi connectivity index (χ0) is 16.8. The maximum Gasteiger partial charge on any atom is 0.256 e. The highest BCUT2D eigenvalue weighted by Crippen LogP contribution is 2.23. The molecular weight excluding hydrogens is 368 g/mol. The Hall–Kier alpha value is -2.66. The van der Waals surface area contributed by atoms with Gasteiger partial charge in [-0.25, -0.2) is 4.98 Å². The Morgan fingerprint density at radius 1 is 1.04 bits per heavy atom. The van der Waals surface area contributed by atoms with Gasteiger partial charge in [-0.3, -0.25) is 4.79 Å². The standard InChI is InChI=1S/C19H15BrN2O2/c20-16-9-4-8-15(12-16)19(23)22-18-17(10-5-11-21-18)24-13-14-6-2-1-3-7-14/h1-12H,13H2,(H,21,22,23). The second kappa shape index (κ2) is 7.75. The van der Waals surface area contributed by atoms with Crippen LogP contribution in [0.25, 0.3) is 0 Å². The fraction of sp³-hybridized carbons (Fsp3) is 0.0526. The maximum absolute atomic E-state index is 12.4. The number of hydrogen-bond acceptors (Lipinski definition) is 3. The number of nitrogens with one attached hydrogen (secondary N) is 1. The molecule has 3 aromatic rings. The number of anilines is 1.